The van der Waals surface area contributed by atoms with Gasteiger partial charge in [0.05, 0.1) is 13.7 Å². The van der Waals surface area contributed by atoms with Crippen LogP contribution in [0.5, 0.6) is 5.75 Å². The van der Waals surface area contributed by atoms with E-state index in [4.69, 9.17) is 9.47 Å². The molecular formula is C14H19NO4. The molecule has 0 fully saturated rings. The van der Waals surface area contributed by atoms with Gasteiger partial charge in [0.2, 0.25) is 0 Å². The molecule has 0 aliphatic heterocycles. The van der Waals surface area contributed by atoms with Gasteiger partial charge in [0.15, 0.2) is 0 Å². The normalized spacial score (nSPS) is 9.84. The minimum atomic E-state index is -0.397. The Morgan fingerprint density at radius 2 is 1.84 bits per heavy atom. The lowest BCUT2D eigenvalue weighted by molar-refractivity contribution is -0.144. The summed E-state index contributed by atoms with van der Waals surface area (Å²) in [6.45, 7) is 2.24. The molecule has 104 valence electrons. The number of carbonyl (C=O) groups excluding carboxylic acids is 2. The number of rotatable bonds is 6. The molecule has 5 heteroatoms. The van der Waals surface area contributed by atoms with Crippen LogP contribution in [0.4, 0.5) is 0 Å². The summed E-state index contributed by atoms with van der Waals surface area (Å²) in [6, 6.07) is 6.73. The second-order valence-electron chi connectivity index (χ2n) is 4.11. The molecule has 0 saturated carbocycles. The quantitative estimate of drug-likeness (QED) is 0.735. The maximum absolute atomic E-state index is 12.0. The van der Waals surface area contributed by atoms with Crippen LogP contribution in [0.25, 0.3) is 0 Å². The summed E-state index contributed by atoms with van der Waals surface area (Å²) in [5.74, 6) is 0.0591. The largest absolute Gasteiger partial charge is 0.497 e. The van der Waals surface area contributed by atoms with Crippen LogP contribution >= 0.6 is 0 Å². The van der Waals surface area contributed by atoms with Crippen molar-refractivity contribution < 1.29 is 19.1 Å². The highest BCUT2D eigenvalue weighted by Gasteiger charge is 2.15. The number of methoxy groups -OCH3 is 1. The lowest BCUT2D eigenvalue weighted by atomic mass is 10.2. The van der Waals surface area contributed by atoms with Crippen LogP contribution in [0, 0.1) is 0 Å². The molecule has 0 radical (unpaired) electrons. The Morgan fingerprint density at radius 1 is 1.21 bits per heavy atom. The zero-order valence-corrected chi connectivity index (χ0v) is 11.5. The van der Waals surface area contributed by atoms with Crippen molar-refractivity contribution >= 4 is 11.9 Å². The van der Waals surface area contributed by atoms with Crippen LogP contribution in [0.1, 0.15) is 23.7 Å². The molecule has 0 aliphatic rings. The Bertz CT molecular complexity index is 428. The molecule has 1 aromatic rings. The number of esters is 1. The molecule has 19 heavy (non-hydrogen) atoms. The van der Waals surface area contributed by atoms with Gasteiger partial charge in [-0.2, -0.15) is 0 Å². The minimum Gasteiger partial charge on any atom is -0.497 e. The van der Waals surface area contributed by atoms with E-state index in [0.29, 0.717) is 17.9 Å². The van der Waals surface area contributed by atoms with Gasteiger partial charge in [0.1, 0.15) is 12.3 Å². The molecule has 0 atom stereocenters. The molecular weight excluding hydrogens is 246 g/mol. The molecule has 1 rings (SSSR count). The SMILES string of the molecule is CCCOC(=O)CN(C)C(=O)c1ccc(OC)cc1. The van der Waals surface area contributed by atoms with Crippen molar-refractivity contribution in [3.05, 3.63) is 29.8 Å². The van der Waals surface area contributed by atoms with E-state index in [-0.39, 0.29) is 12.5 Å². The van der Waals surface area contributed by atoms with E-state index in [9.17, 15) is 9.59 Å². The van der Waals surface area contributed by atoms with Crippen LogP contribution in [-0.2, 0) is 9.53 Å². The topological polar surface area (TPSA) is 55.8 Å². The maximum atomic E-state index is 12.0. The lowest BCUT2D eigenvalue weighted by Crippen LogP contribution is -2.33. The monoisotopic (exact) mass is 265 g/mol. The fraction of sp³-hybridized carbons (Fsp3) is 0.429. The van der Waals surface area contributed by atoms with E-state index >= 15 is 0 Å². The molecule has 1 amide bonds. The van der Waals surface area contributed by atoms with Crippen LogP contribution in [0.15, 0.2) is 24.3 Å². The standard InChI is InChI=1S/C14H19NO4/c1-4-9-19-13(16)10-15(2)14(17)11-5-7-12(18-3)8-6-11/h5-8H,4,9-10H2,1-3H3. The first-order valence-corrected chi connectivity index (χ1v) is 6.13. The van der Waals surface area contributed by atoms with E-state index in [2.05, 4.69) is 0 Å². The fourth-order valence-electron chi connectivity index (χ4n) is 1.48. The van der Waals surface area contributed by atoms with E-state index in [1.165, 1.54) is 4.90 Å². The van der Waals surface area contributed by atoms with Crippen molar-refractivity contribution in [3.8, 4) is 5.75 Å². The smallest absolute Gasteiger partial charge is 0.325 e. The van der Waals surface area contributed by atoms with Crippen molar-refractivity contribution in [1.29, 1.82) is 0 Å². The first kappa shape index (κ1) is 15.0. The maximum Gasteiger partial charge on any atom is 0.325 e. The van der Waals surface area contributed by atoms with Gasteiger partial charge >= 0.3 is 5.97 Å². The summed E-state index contributed by atoms with van der Waals surface area (Å²) < 4.78 is 9.95. The lowest BCUT2D eigenvalue weighted by Gasteiger charge is -2.16. The molecule has 0 N–H and O–H groups in total. The molecule has 0 saturated heterocycles. The Hall–Kier alpha value is -2.04. The number of ether oxygens (including phenoxy) is 2. The highest BCUT2D eigenvalue weighted by Crippen LogP contribution is 2.12. The number of hydrogen-bond donors (Lipinski definition) is 0. The first-order valence-electron chi connectivity index (χ1n) is 6.13. The predicted molar refractivity (Wildman–Crippen MR) is 71.2 cm³/mol. The second-order valence-corrected chi connectivity index (χ2v) is 4.11. The van der Waals surface area contributed by atoms with E-state index in [0.717, 1.165) is 6.42 Å². The number of amides is 1. The average molecular weight is 265 g/mol. The van der Waals surface area contributed by atoms with Gasteiger partial charge in [-0.05, 0) is 30.7 Å². The number of likely N-dealkylation sites (N-methyl/N-ethyl adjacent to an activating group) is 1. The molecule has 5 nitrogen and oxygen atoms in total. The van der Waals surface area contributed by atoms with Crippen molar-refractivity contribution in [2.75, 3.05) is 27.3 Å². The Balaban J connectivity index is 2.58. The van der Waals surface area contributed by atoms with Gasteiger partial charge in [-0.25, -0.2) is 0 Å². The van der Waals surface area contributed by atoms with Crippen LogP contribution in [0.2, 0.25) is 0 Å². The van der Waals surface area contributed by atoms with Gasteiger partial charge < -0.3 is 14.4 Å². The van der Waals surface area contributed by atoms with Gasteiger partial charge in [-0.1, -0.05) is 6.92 Å². The summed E-state index contributed by atoms with van der Waals surface area (Å²) in [7, 11) is 3.13. The summed E-state index contributed by atoms with van der Waals surface area (Å²) in [6.07, 6.45) is 0.766. The van der Waals surface area contributed by atoms with Gasteiger partial charge in [0, 0.05) is 12.6 Å². The number of nitrogens with zero attached hydrogens (tertiary/aromatic N) is 1. The van der Waals surface area contributed by atoms with Gasteiger partial charge in [-0.3, -0.25) is 9.59 Å². The summed E-state index contributed by atoms with van der Waals surface area (Å²) in [5.41, 5.74) is 0.506. The third-order valence-electron chi connectivity index (χ3n) is 2.52. The highest BCUT2D eigenvalue weighted by molar-refractivity contribution is 5.95. The van der Waals surface area contributed by atoms with Gasteiger partial charge in [-0.15, -0.1) is 0 Å². The number of hydrogen-bond acceptors (Lipinski definition) is 4. The van der Waals surface area contributed by atoms with Gasteiger partial charge in [0.25, 0.3) is 5.91 Å². The molecule has 1 aromatic carbocycles. The average Bonchev–Trinajstić information content (AvgIpc) is 2.44. The second kappa shape index (κ2) is 7.41. The van der Waals surface area contributed by atoms with Crippen molar-refractivity contribution in [2.24, 2.45) is 0 Å². The third kappa shape index (κ3) is 4.62. The minimum absolute atomic E-state index is 0.0507. The van der Waals surface area contributed by atoms with E-state index in [1.807, 2.05) is 6.92 Å². The third-order valence-corrected chi connectivity index (χ3v) is 2.52. The molecule has 0 aromatic heterocycles. The Morgan fingerprint density at radius 3 is 2.37 bits per heavy atom. The van der Waals surface area contributed by atoms with Crippen molar-refractivity contribution in [2.45, 2.75) is 13.3 Å². The van der Waals surface area contributed by atoms with Crippen molar-refractivity contribution in [3.63, 3.8) is 0 Å². The molecule has 0 aliphatic carbocycles. The molecule has 0 heterocycles. The summed E-state index contributed by atoms with van der Waals surface area (Å²) in [5, 5.41) is 0. The van der Waals surface area contributed by atoms with E-state index in [1.54, 1.807) is 38.4 Å². The first-order chi connectivity index (χ1) is 9.08. The van der Waals surface area contributed by atoms with Crippen LogP contribution < -0.4 is 4.74 Å². The highest BCUT2D eigenvalue weighted by atomic mass is 16.5. The summed E-state index contributed by atoms with van der Waals surface area (Å²) >= 11 is 0. The molecule has 0 bridgehead atoms. The number of benzene rings is 1. The Labute approximate surface area is 113 Å². The molecule has 0 unspecified atom stereocenters. The fourth-order valence-corrected chi connectivity index (χ4v) is 1.48. The van der Waals surface area contributed by atoms with Crippen LogP contribution in [0.3, 0.4) is 0 Å². The van der Waals surface area contributed by atoms with Crippen LogP contribution in [-0.4, -0.2) is 44.1 Å². The summed E-state index contributed by atoms with van der Waals surface area (Å²) in [4.78, 5) is 24.8. The predicted octanol–water partition coefficient (Wildman–Crippen LogP) is 1.72. The zero-order chi connectivity index (χ0) is 14.3. The zero-order valence-electron chi connectivity index (χ0n) is 11.5. The van der Waals surface area contributed by atoms with E-state index < -0.39 is 5.97 Å². The Kier molecular flexibility index (Phi) is 5.85. The van der Waals surface area contributed by atoms with Crippen molar-refractivity contribution in [1.82, 2.24) is 4.90 Å². The molecule has 0 spiro atoms. The number of carbonyl (C=O) groups is 2.